The number of para-hydroxylation sites is 1. The molecule has 252 valence electrons. The van der Waals surface area contributed by atoms with Gasteiger partial charge in [0, 0.05) is 16.3 Å². The molecule has 1 aromatic heterocycles. The Labute approximate surface area is 309 Å². The Morgan fingerprint density at radius 2 is 0.830 bits per heavy atom. The van der Waals surface area contributed by atoms with Crippen LogP contribution in [-0.2, 0) is 0 Å². The zero-order valence-electron chi connectivity index (χ0n) is 30.4. The maximum atomic E-state index is 6.74. The number of rotatable bonds is 4. The van der Waals surface area contributed by atoms with E-state index < -0.39 is 0 Å². The highest BCUT2D eigenvalue weighted by atomic mass is 16.3. The molecule has 0 N–H and O–H groups in total. The topological polar surface area (TPSA) is 13.1 Å². The summed E-state index contributed by atoms with van der Waals surface area (Å²) in [4.78, 5) is 0. The molecule has 9 aromatic carbocycles. The Kier molecular flexibility index (Phi) is 7.13. The molecule has 1 nitrogen and oxygen atoms in total. The maximum Gasteiger partial charge on any atom is 0.143 e. The molecule has 1 heteroatoms. The van der Waals surface area contributed by atoms with Crippen molar-refractivity contribution in [3.8, 4) is 44.5 Å². The van der Waals surface area contributed by atoms with Crippen molar-refractivity contribution in [1.29, 1.82) is 0 Å². The molecule has 0 saturated heterocycles. The van der Waals surface area contributed by atoms with Gasteiger partial charge < -0.3 is 4.42 Å². The average Bonchev–Trinajstić information content (AvgIpc) is 3.60. The van der Waals surface area contributed by atoms with Crippen LogP contribution in [0.4, 0.5) is 0 Å². The summed E-state index contributed by atoms with van der Waals surface area (Å²) in [5.74, 6) is 0. The van der Waals surface area contributed by atoms with Crippen LogP contribution in [0.3, 0.4) is 0 Å². The van der Waals surface area contributed by atoms with Gasteiger partial charge in [0.25, 0.3) is 0 Å². The summed E-state index contributed by atoms with van der Waals surface area (Å²) in [5, 5.41) is 9.88. The van der Waals surface area contributed by atoms with E-state index in [0.29, 0.717) is 0 Å². The molecule has 10 rings (SSSR count). The molecule has 0 unspecified atom stereocenters. The summed E-state index contributed by atoms with van der Waals surface area (Å²) in [6, 6.07) is 57.3. The molecule has 0 spiro atoms. The van der Waals surface area contributed by atoms with Gasteiger partial charge in [-0.2, -0.15) is 0 Å². The minimum atomic E-state index is 0.924. The number of hydrogen-bond donors (Lipinski definition) is 0. The molecule has 53 heavy (non-hydrogen) atoms. The number of furan rings is 1. The average molecular weight is 679 g/mol. The summed E-state index contributed by atoms with van der Waals surface area (Å²) >= 11 is 0. The van der Waals surface area contributed by atoms with Crippen LogP contribution in [-0.4, -0.2) is 0 Å². The van der Waals surface area contributed by atoms with E-state index in [1.165, 1.54) is 98.9 Å². The van der Waals surface area contributed by atoms with Gasteiger partial charge in [-0.05, 0) is 139 Å². The molecular formula is C52H38O. The SMILES string of the molecule is Cc1c(C)c(-c2cc3ccccc3c3c2oc2ccccc23)c(C)c(C)c1-c1ccc2c(-c3ccccc3)c3ccccc3c(-c3ccccc3)c2c1. The summed E-state index contributed by atoms with van der Waals surface area (Å²) in [6.07, 6.45) is 0. The van der Waals surface area contributed by atoms with Crippen molar-refractivity contribution in [2.45, 2.75) is 27.7 Å². The molecule has 0 aliphatic heterocycles. The van der Waals surface area contributed by atoms with E-state index in [9.17, 15) is 0 Å². The largest absolute Gasteiger partial charge is 0.455 e. The number of benzene rings is 9. The smallest absolute Gasteiger partial charge is 0.143 e. The zero-order valence-corrected chi connectivity index (χ0v) is 30.4. The van der Waals surface area contributed by atoms with Crippen molar-refractivity contribution in [3.63, 3.8) is 0 Å². The zero-order chi connectivity index (χ0) is 35.8. The Hall–Kier alpha value is -6.44. The van der Waals surface area contributed by atoms with Crippen molar-refractivity contribution in [3.05, 3.63) is 180 Å². The highest BCUT2D eigenvalue weighted by Gasteiger charge is 2.24. The molecule has 0 saturated carbocycles. The van der Waals surface area contributed by atoms with E-state index in [1.54, 1.807) is 0 Å². The normalized spacial score (nSPS) is 11.8. The van der Waals surface area contributed by atoms with Crippen molar-refractivity contribution in [2.24, 2.45) is 0 Å². The minimum absolute atomic E-state index is 0.924. The van der Waals surface area contributed by atoms with Gasteiger partial charge in [0.15, 0.2) is 0 Å². The molecular weight excluding hydrogens is 641 g/mol. The number of hydrogen-bond acceptors (Lipinski definition) is 1. The third-order valence-corrected chi connectivity index (χ3v) is 11.7. The van der Waals surface area contributed by atoms with E-state index in [0.717, 1.165) is 22.1 Å². The van der Waals surface area contributed by atoms with Gasteiger partial charge in [0.1, 0.15) is 11.2 Å². The van der Waals surface area contributed by atoms with Gasteiger partial charge in [-0.25, -0.2) is 0 Å². The van der Waals surface area contributed by atoms with Crippen molar-refractivity contribution in [2.75, 3.05) is 0 Å². The maximum absolute atomic E-state index is 6.74. The molecule has 0 bridgehead atoms. The quantitative estimate of drug-likeness (QED) is 0.169. The van der Waals surface area contributed by atoms with Crippen LogP contribution in [0.25, 0.3) is 98.8 Å². The van der Waals surface area contributed by atoms with E-state index in [-0.39, 0.29) is 0 Å². The summed E-state index contributed by atoms with van der Waals surface area (Å²) in [6.45, 7) is 9.19. The van der Waals surface area contributed by atoms with Crippen LogP contribution in [0, 0.1) is 27.7 Å². The van der Waals surface area contributed by atoms with Gasteiger partial charge in [-0.3, -0.25) is 0 Å². The summed E-state index contributed by atoms with van der Waals surface area (Å²) in [5.41, 5.74) is 17.0. The Morgan fingerprint density at radius 3 is 1.47 bits per heavy atom. The lowest BCUT2D eigenvalue weighted by atomic mass is 9.81. The molecule has 10 aromatic rings. The van der Waals surface area contributed by atoms with Crippen molar-refractivity contribution < 1.29 is 4.42 Å². The Morgan fingerprint density at radius 1 is 0.340 bits per heavy atom. The molecule has 0 fully saturated rings. The van der Waals surface area contributed by atoms with E-state index in [1.807, 2.05) is 0 Å². The van der Waals surface area contributed by atoms with Crippen LogP contribution in [0.1, 0.15) is 22.3 Å². The van der Waals surface area contributed by atoms with Crippen LogP contribution in [0.2, 0.25) is 0 Å². The lowest BCUT2D eigenvalue weighted by Gasteiger charge is -2.23. The molecule has 1 heterocycles. The fourth-order valence-corrected chi connectivity index (χ4v) is 9.07. The van der Waals surface area contributed by atoms with Gasteiger partial charge in [-0.1, -0.05) is 140 Å². The first-order valence-corrected chi connectivity index (χ1v) is 18.5. The Balaban J connectivity index is 1.26. The number of fused-ring (bicyclic) bond motifs is 7. The first-order chi connectivity index (χ1) is 26.0. The van der Waals surface area contributed by atoms with Crippen LogP contribution in [0.15, 0.2) is 162 Å². The van der Waals surface area contributed by atoms with E-state index >= 15 is 0 Å². The van der Waals surface area contributed by atoms with Crippen LogP contribution >= 0.6 is 0 Å². The molecule has 0 aliphatic carbocycles. The predicted octanol–water partition coefficient (Wildman–Crippen LogP) is 14.9. The minimum Gasteiger partial charge on any atom is -0.455 e. The van der Waals surface area contributed by atoms with E-state index in [4.69, 9.17) is 4.42 Å². The fourth-order valence-electron chi connectivity index (χ4n) is 9.07. The van der Waals surface area contributed by atoms with Crippen molar-refractivity contribution >= 4 is 54.3 Å². The lowest BCUT2D eigenvalue weighted by Crippen LogP contribution is -2.01. The molecule has 0 amide bonds. The highest BCUT2D eigenvalue weighted by Crippen LogP contribution is 2.48. The standard InChI is InChI=1S/C52H38O/c1-31-33(3)48(45-29-37-21-11-12-22-39(37)51-43-25-15-16-26-46(43)53-52(45)51)34(4)32(2)47(31)38-27-28-42-44(30-38)50(36-19-9-6-10-20-36)41-24-14-13-23-40(41)49(42)35-17-7-5-8-18-35/h5-30H,1-4H3. The summed E-state index contributed by atoms with van der Waals surface area (Å²) < 4.78 is 6.74. The third-order valence-electron chi connectivity index (χ3n) is 11.7. The van der Waals surface area contributed by atoms with E-state index in [2.05, 4.69) is 185 Å². The summed E-state index contributed by atoms with van der Waals surface area (Å²) in [7, 11) is 0. The fraction of sp³-hybridized carbons (Fsp3) is 0.0769. The molecule has 0 atom stereocenters. The Bertz CT molecular complexity index is 3040. The van der Waals surface area contributed by atoms with Gasteiger partial charge >= 0.3 is 0 Å². The second kappa shape index (κ2) is 12.1. The molecule has 0 radical (unpaired) electrons. The van der Waals surface area contributed by atoms with Crippen LogP contribution in [0.5, 0.6) is 0 Å². The van der Waals surface area contributed by atoms with Gasteiger partial charge in [0.2, 0.25) is 0 Å². The predicted molar refractivity (Wildman–Crippen MR) is 227 cm³/mol. The molecule has 0 aliphatic rings. The second-order valence-corrected chi connectivity index (χ2v) is 14.5. The van der Waals surface area contributed by atoms with Crippen molar-refractivity contribution in [1.82, 2.24) is 0 Å². The third kappa shape index (κ3) is 4.70. The van der Waals surface area contributed by atoms with Gasteiger partial charge in [0.05, 0.1) is 0 Å². The second-order valence-electron chi connectivity index (χ2n) is 14.5. The first-order valence-electron chi connectivity index (χ1n) is 18.5. The van der Waals surface area contributed by atoms with Gasteiger partial charge in [-0.15, -0.1) is 0 Å². The van der Waals surface area contributed by atoms with Crippen LogP contribution < -0.4 is 0 Å². The monoisotopic (exact) mass is 678 g/mol. The lowest BCUT2D eigenvalue weighted by molar-refractivity contribution is 0.670. The highest BCUT2D eigenvalue weighted by molar-refractivity contribution is 6.24. The first kappa shape index (κ1) is 31.3.